The molecule has 1 heterocycles. The number of hydrogen-bond acceptors (Lipinski definition) is 3. The summed E-state index contributed by atoms with van der Waals surface area (Å²) in [5, 5.41) is 12.3. The summed E-state index contributed by atoms with van der Waals surface area (Å²) in [6.07, 6.45) is 3.78. The van der Waals surface area contributed by atoms with Crippen molar-refractivity contribution in [2.24, 2.45) is 5.10 Å². The Morgan fingerprint density at radius 1 is 1.50 bits per heavy atom. The third-order valence-electron chi connectivity index (χ3n) is 1.79. The Morgan fingerprint density at radius 2 is 2.12 bits per heavy atom. The minimum Gasteiger partial charge on any atom is -0.464 e. The summed E-state index contributed by atoms with van der Waals surface area (Å²) >= 11 is 0. The second-order valence-electron chi connectivity index (χ2n) is 2.96. The molecule has 0 saturated carbocycles. The fourth-order valence-electron chi connectivity index (χ4n) is 1.16. The molecule has 1 amide bonds. The molecule has 88 valence electrons. The molecule has 1 aromatic rings. The molecule has 0 aliphatic rings. The Hall–Kier alpha value is -1.62. The predicted molar refractivity (Wildman–Crippen MR) is 64.1 cm³/mol. The number of carboxylic acid groups (broad SMARTS) is 1. The van der Waals surface area contributed by atoms with Gasteiger partial charge in [-0.15, -0.1) is 12.4 Å². The van der Waals surface area contributed by atoms with Gasteiger partial charge in [0, 0.05) is 18.0 Å². The van der Waals surface area contributed by atoms with Crippen molar-refractivity contribution in [3.63, 3.8) is 0 Å². The van der Waals surface area contributed by atoms with Gasteiger partial charge in [0.25, 0.3) is 0 Å². The van der Waals surface area contributed by atoms with E-state index in [-0.39, 0.29) is 12.4 Å². The van der Waals surface area contributed by atoms with Gasteiger partial charge in [0.15, 0.2) is 0 Å². The smallest absolute Gasteiger partial charge is 0.425 e. The number of halogens is 1. The molecular formula is C10H14ClN3O2. The molecule has 6 heteroatoms. The van der Waals surface area contributed by atoms with E-state index in [4.69, 9.17) is 5.11 Å². The molecule has 5 nitrogen and oxygen atoms in total. The van der Waals surface area contributed by atoms with Gasteiger partial charge in [0.2, 0.25) is 0 Å². The van der Waals surface area contributed by atoms with Gasteiger partial charge in [-0.2, -0.15) is 5.10 Å². The lowest BCUT2D eigenvalue weighted by Crippen LogP contribution is -2.17. The van der Waals surface area contributed by atoms with E-state index in [1.165, 1.54) is 0 Å². The van der Waals surface area contributed by atoms with Crippen molar-refractivity contribution in [1.82, 2.24) is 10.4 Å². The van der Waals surface area contributed by atoms with Crippen LogP contribution < -0.4 is 5.43 Å². The number of amides is 1. The zero-order valence-electron chi connectivity index (χ0n) is 8.88. The summed E-state index contributed by atoms with van der Waals surface area (Å²) in [6.45, 7) is 2.01. The SMILES string of the molecule is CCCC(=NNC(=O)O)c1ccncc1.Cl. The maximum atomic E-state index is 10.3. The number of carbonyl (C=O) groups is 1. The van der Waals surface area contributed by atoms with E-state index in [2.05, 4.69) is 10.1 Å². The minimum absolute atomic E-state index is 0. The highest BCUT2D eigenvalue weighted by Gasteiger charge is 2.02. The average molecular weight is 244 g/mol. The number of rotatable bonds is 4. The van der Waals surface area contributed by atoms with Gasteiger partial charge in [-0.05, 0) is 18.6 Å². The number of aromatic nitrogens is 1. The number of nitrogens with zero attached hydrogens (tertiary/aromatic N) is 2. The number of hydrazone groups is 1. The standard InChI is InChI=1S/C10H13N3O2.ClH/c1-2-3-9(12-13-10(14)15)8-4-6-11-7-5-8;/h4-7,13H,2-3H2,1H3,(H,14,15);1H. The van der Waals surface area contributed by atoms with Crippen molar-refractivity contribution in [2.45, 2.75) is 19.8 Å². The van der Waals surface area contributed by atoms with Crippen LogP contribution in [0.4, 0.5) is 4.79 Å². The monoisotopic (exact) mass is 243 g/mol. The molecule has 16 heavy (non-hydrogen) atoms. The van der Waals surface area contributed by atoms with Gasteiger partial charge in [0.05, 0.1) is 5.71 Å². The van der Waals surface area contributed by atoms with Crippen LogP contribution in [0.2, 0.25) is 0 Å². The molecule has 1 aromatic heterocycles. The second kappa shape index (κ2) is 7.64. The van der Waals surface area contributed by atoms with E-state index in [0.29, 0.717) is 0 Å². The summed E-state index contributed by atoms with van der Waals surface area (Å²) in [5.74, 6) is 0. The second-order valence-corrected chi connectivity index (χ2v) is 2.96. The fraction of sp³-hybridized carbons (Fsp3) is 0.300. The topological polar surface area (TPSA) is 74.6 Å². The Bertz CT molecular complexity index is 354. The molecule has 0 bridgehead atoms. The van der Waals surface area contributed by atoms with Crippen LogP contribution in [0.1, 0.15) is 25.3 Å². The first-order chi connectivity index (χ1) is 7.24. The maximum Gasteiger partial charge on any atom is 0.425 e. The summed E-state index contributed by atoms with van der Waals surface area (Å²) in [6, 6.07) is 3.61. The van der Waals surface area contributed by atoms with Crippen molar-refractivity contribution in [3.05, 3.63) is 30.1 Å². The predicted octanol–water partition coefficient (Wildman–Crippen LogP) is 2.28. The van der Waals surface area contributed by atoms with E-state index < -0.39 is 6.09 Å². The highest BCUT2D eigenvalue weighted by Crippen LogP contribution is 2.04. The average Bonchev–Trinajstić information content (AvgIpc) is 2.25. The highest BCUT2D eigenvalue weighted by atomic mass is 35.5. The highest BCUT2D eigenvalue weighted by molar-refractivity contribution is 6.00. The van der Waals surface area contributed by atoms with Crippen LogP contribution in [0.3, 0.4) is 0 Å². The summed E-state index contributed by atoms with van der Waals surface area (Å²) < 4.78 is 0. The minimum atomic E-state index is -1.15. The van der Waals surface area contributed by atoms with Crippen LogP contribution in [0.5, 0.6) is 0 Å². The Kier molecular flexibility index (Phi) is 6.87. The van der Waals surface area contributed by atoms with Crippen LogP contribution in [-0.2, 0) is 0 Å². The van der Waals surface area contributed by atoms with Gasteiger partial charge >= 0.3 is 6.09 Å². The van der Waals surface area contributed by atoms with Crippen LogP contribution >= 0.6 is 12.4 Å². The van der Waals surface area contributed by atoms with Crippen LogP contribution in [0.15, 0.2) is 29.6 Å². The lowest BCUT2D eigenvalue weighted by Gasteiger charge is -2.04. The van der Waals surface area contributed by atoms with Gasteiger partial charge in [-0.3, -0.25) is 4.98 Å². The number of pyridine rings is 1. The molecule has 0 aliphatic heterocycles. The van der Waals surface area contributed by atoms with Gasteiger partial charge < -0.3 is 5.11 Å². The van der Waals surface area contributed by atoms with Crippen LogP contribution in [0, 0.1) is 0 Å². The summed E-state index contributed by atoms with van der Waals surface area (Å²) in [7, 11) is 0. The third kappa shape index (κ3) is 4.75. The molecule has 2 N–H and O–H groups in total. The van der Waals surface area contributed by atoms with E-state index in [1.807, 2.05) is 12.3 Å². The molecule has 0 radical (unpaired) electrons. The molecular weight excluding hydrogens is 230 g/mol. The first-order valence-corrected chi connectivity index (χ1v) is 4.70. The molecule has 0 aliphatic carbocycles. The van der Waals surface area contributed by atoms with Crippen LogP contribution in [-0.4, -0.2) is 21.9 Å². The maximum absolute atomic E-state index is 10.3. The lowest BCUT2D eigenvalue weighted by atomic mass is 10.1. The van der Waals surface area contributed by atoms with E-state index in [1.54, 1.807) is 24.5 Å². The molecule has 0 fully saturated rings. The quantitative estimate of drug-likeness (QED) is 0.629. The molecule has 0 unspecified atom stereocenters. The Balaban J connectivity index is 0.00000225. The third-order valence-corrected chi connectivity index (χ3v) is 1.79. The Morgan fingerprint density at radius 3 is 2.62 bits per heavy atom. The van der Waals surface area contributed by atoms with Crippen molar-refractivity contribution >= 4 is 24.2 Å². The summed E-state index contributed by atoms with van der Waals surface area (Å²) in [5.41, 5.74) is 3.63. The number of nitrogens with one attached hydrogen (secondary N) is 1. The number of hydrogen-bond donors (Lipinski definition) is 2. The molecule has 1 rings (SSSR count). The van der Waals surface area contributed by atoms with E-state index in [9.17, 15) is 4.79 Å². The van der Waals surface area contributed by atoms with Gasteiger partial charge in [-0.25, -0.2) is 10.2 Å². The van der Waals surface area contributed by atoms with E-state index >= 15 is 0 Å². The Labute approximate surface area is 100.0 Å². The van der Waals surface area contributed by atoms with Crippen molar-refractivity contribution in [3.8, 4) is 0 Å². The zero-order chi connectivity index (χ0) is 11.1. The molecule has 0 aromatic carbocycles. The molecule has 0 atom stereocenters. The lowest BCUT2D eigenvalue weighted by molar-refractivity contribution is 0.195. The normalized spacial score (nSPS) is 10.4. The first kappa shape index (κ1) is 14.4. The van der Waals surface area contributed by atoms with Gasteiger partial charge in [0.1, 0.15) is 0 Å². The van der Waals surface area contributed by atoms with Crippen molar-refractivity contribution < 1.29 is 9.90 Å². The van der Waals surface area contributed by atoms with Gasteiger partial charge in [-0.1, -0.05) is 13.3 Å². The summed E-state index contributed by atoms with van der Waals surface area (Å²) in [4.78, 5) is 14.2. The van der Waals surface area contributed by atoms with Crippen molar-refractivity contribution in [1.29, 1.82) is 0 Å². The fourth-order valence-corrected chi connectivity index (χ4v) is 1.16. The zero-order valence-corrected chi connectivity index (χ0v) is 9.70. The van der Waals surface area contributed by atoms with Crippen molar-refractivity contribution in [2.75, 3.05) is 0 Å². The van der Waals surface area contributed by atoms with E-state index in [0.717, 1.165) is 24.1 Å². The first-order valence-electron chi connectivity index (χ1n) is 4.70. The van der Waals surface area contributed by atoms with Crippen LogP contribution in [0.25, 0.3) is 0 Å². The molecule has 0 spiro atoms. The largest absolute Gasteiger partial charge is 0.464 e. The molecule has 0 saturated heterocycles.